The van der Waals surface area contributed by atoms with Crippen molar-refractivity contribution in [2.75, 3.05) is 13.1 Å². The summed E-state index contributed by atoms with van der Waals surface area (Å²) >= 11 is 12.0. The molecule has 2 fully saturated rings. The second-order valence-corrected chi connectivity index (χ2v) is 7.01. The minimum Gasteiger partial charge on any atom is -0.393 e. The van der Waals surface area contributed by atoms with Crippen LogP contribution in [0.1, 0.15) is 31.2 Å². The van der Waals surface area contributed by atoms with Gasteiger partial charge in [-0.05, 0) is 43.4 Å². The molecular formula is C16H19Cl2NO2. The summed E-state index contributed by atoms with van der Waals surface area (Å²) in [6.45, 7) is 3.24. The summed E-state index contributed by atoms with van der Waals surface area (Å²) in [4.78, 5) is 14.4. The van der Waals surface area contributed by atoms with E-state index in [4.69, 9.17) is 23.2 Å². The van der Waals surface area contributed by atoms with Crippen molar-refractivity contribution in [2.24, 2.45) is 11.8 Å². The fourth-order valence-electron chi connectivity index (χ4n) is 3.20. The highest BCUT2D eigenvalue weighted by Gasteiger charge is 2.47. The van der Waals surface area contributed by atoms with Gasteiger partial charge in [0.1, 0.15) is 0 Å². The van der Waals surface area contributed by atoms with Gasteiger partial charge in [-0.15, -0.1) is 0 Å². The quantitative estimate of drug-likeness (QED) is 0.925. The number of hydrogen-bond acceptors (Lipinski definition) is 2. The normalized spacial score (nSPS) is 29.5. The van der Waals surface area contributed by atoms with Gasteiger partial charge in [-0.25, -0.2) is 0 Å². The average molecular weight is 328 g/mol. The fourth-order valence-corrected chi connectivity index (χ4v) is 3.50. The Labute approximate surface area is 134 Å². The van der Waals surface area contributed by atoms with Crippen LogP contribution < -0.4 is 0 Å². The number of amides is 1. The Kier molecular flexibility index (Phi) is 4.17. The lowest BCUT2D eigenvalue weighted by molar-refractivity contribution is -0.131. The van der Waals surface area contributed by atoms with Crippen molar-refractivity contribution in [2.45, 2.75) is 31.8 Å². The van der Waals surface area contributed by atoms with Gasteiger partial charge >= 0.3 is 0 Å². The minimum absolute atomic E-state index is 0.0648. The Morgan fingerprint density at radius 2 is 2.14 bits per heavy atom. The molecule has 2 aliphatic rings. The highest BCUT2D eigenvalue weighted by molar-refractivity contribution is 6.42. The van der Waals surface area contributed by atoms with Gasteiger partial charge in [0.2, 0.25) is 5.91 Å². The van der Waals surface area contributed by atoms with E-state index in [9.17, 15) is 9.90 Å². The van der Waals surface area contributed by atoms with E-state index in [1.54, 1.807) is 13.0 Å². The molecule has 3 rings (SSSR count). The third kappa shape index (κ3) is 3.05. The first-order chi connectivity index (χ1) is 9.97. The SMILES string of the molecule is CC(O)C1CCN(C(=O)C2CC2c2ccc(Cl)c(Cl)c2)C1. The molecule has 3 nitrogen and oxygen atoms in total. The van der Waals surface area contributed by atoms with E-state index >= 15 is 0 Å². The van der Waals surface area contributed by atoms with E-state index in [0.717, 1.165) is 24.9 Å². The Morgan fingerprint density at radius 3 is 2.76 bits per heavy atom. The summed E-state index contributed by atoms with van der Waals surface area (Å²) in [5.41, 5.74) is 1.09. The van der Waals surface area contributed by atoms with E-state index < -0.39 is 0 Å². The van der Waals surface area contributed by atoms with Gasteiger partial charge in [0.15, 0.2) is 0 Å². The van der Waals surface area contributed by atoms with Crippen LogP contribution in [0.2, 0.25) is 10.0 Å². The van der Waals surface area contributed by atoms with Gasteiger partial charge in [0, 0.05) is 24.9 Å². The van der Waals surface area contributed by atoms with Crippen molar-refractivity contribution >= 4 is 29.1 Å². The number of aliphatic hydroxyl groups excluding tert-OH is 1. The number of likely N-dealkylation sites (tertiary alicyclic amines) is 1. The van der Waals surface area contributed by atoms with E-state index in [-0.39, 0.29) is 29.8 Å². The molecular weight excluding hydrogens is 309 g/mol. The maximum absolute atomic E-state index is 12.5. The Morgan fingerprint density at radius 1 is 1.38 bits per heavy atom. The Hall–Kier alpha value is -0.770. The lowest BCUT2D eigenvalue weighted by Crippen LogP contribution is -2.31. The molecule has 1 N–H and O–H groups in total. The standard InChI is InChI=1S/C16H19Cl2NO2/c1-9(20)11-4-5-19(8-11)16(21)13-7-12(13)10-2-3-14(17)15(18)6-10/h2-3,6,9,11-13,20H,4-5,7-8H2,1H3. The van der Waals surface area contributed by atoms with Gasteiger partial charge in [-0.1, -0.05) is 29.3 Å². The summed E-state index contributed by atoms with van der Waals surface area (Å²) in [6, 6.07) is 5.61. The average Bonchev–Trinajstić information content (AvgIpc) is 3.08. The van der Waals surface area contributed by atoms with Crippen LogP contribution in [0.15, 0.2) is 18.2 Å². The van der Waals surface area contributed by atoms with Crippen molar-refractivity contribution in [1.29, 1.82) is 0 Å². The summed E-state index contributed by atoms with van der Waals surface area (Å²) < 4.78 is 0. The van der Waals surface area contributed by atoms with Crippen LogP contribution in [-0.4, -0.2) is 35.1 Å². The van der Waals surface area contributed by atoms with Gasteiger partial charge < -0.3 is 10.0 Å². The second-order valence-electron chi connectivity index (χ2n) is 6.20. The number of benzene rings is 1. The second kappa shape index (κ2) is 5.79. The van der Waals surface area contributed by atoms with E-state index in [0.29, 0.717) is 16.6 Å². The molecule has 114 valence electrons. The van der Waals surface area contributed by atoms with Crippen LogP contribution in [0.5, 0.6) is 0 Å². The molecule has 0 aromatic heterocycles. The Bertz CT molecular complexity index is 561. The predicted molar refractivity (Wildman–Crippen MR) is 83.7 cm³/mol. The lowest BCUT2D eigenvalue weighted by Gasteiger charge is -2.18. The smallest absolute Gasteiger partial charge is 0.226 e. The predicted octanol–water partition coefficient (Wildman–Crippen LogP) is 3.33. The number of halogens is 2. The molecule has 5 heteroatoms. The van der Waals surface area contributed by atoms with Crippen LogP contribution in [0, 0.1) is 11.8 Å². The van der Waals surface area contributed by atoms with Crippen molar-refractivity contribution in [3.05, 3.63) is 33.8 Å². The molecule has 21 heavy (non-hydrogen) atoms. The molecule has 1 aliphatic heterocycles. The van der Waals surface area contributed by atoms with Crippen LogP contribution in [-0.2, 0) is 4.79 Å². The third-order valence-electron chi connectivity index (χ3n) is 4.70. The first kappa shape index (κ1) is 15.1. The number of carbonyl (C=O) groups is 1. The number of carbonyl (C=O) groups excluding carboxylic acids is 1. The maximum Gasteiger partial charge on any atom is 0.226 e. The van der Waals surface area contributed by atoms with Crippen LogP contribution >= 0.6 is 23.2 Å². The Balaban J connectivity index is 1.62. The number of aliphatic hydroxyl groups is 1. The fraction of sp³-hybridized carbons (Fsp3) is 0.562. The van der Waals surface area contributed by atoms with Gasteiger partial charge in [0.25, 0.3) is 0 Å². The zero-order valence-electron chi connectivity index (χ0n) is 11.9. The molecule has 0 bridgehead atoms. The van der Waals surface area contributed by atoms with Gasteiger partial charge in [0.05, 0.1) is 16.1 Å². The van der Waals surface area contributed by atoms with Gasteiger partial charge in [-0.3, -0.25) is 4.79 Å². The molecule has 1 heterocycles. The molecule has 1 amide bonds. The molecule has 1 aromatic rings. The molecule has 0 radical (unpaired) electrons. The highest BCUT2D eigenvalue weighted by atomic mass is 35.5. The van der Waals surface area contributed by atoms with Crippen molar-refractivity contribution < 1.29 is 9.90 Å². The van der Waals surface area contributed by atoms with Crippen LogP contribution in [0.4, 0.5) is 0 Å². The number of rotatable bonds is 3. The monoisotopic (exact) mass is 327 g/mol. The summed E-state index contributed by atoms with van der Waals surface area (Å²) in [6.07, 6.45) is 1.44. The van der Waals surface area contributed by atoms with E-state index in [1.807, 2.05) is 17.0 Å². The molecule has 1 saturated heterocycles. The largest absolute Gasteiger partial charge is 0.393 e. The molecule has 1 aromatic carbocycles. The minimum atomic E-state index is -0.340. The zero-order valence-corrected chi connectivity index (χ0v) is 13.4. The topological polar surface area (TPSA) is 40.5 Å². The van der Waals surface area contributed by atoms with Crippen LogP contribution in [0.3, 0.4) is 0 Å². The first-order valence-corrected chi connectivity index (χ1v) is 8.14. The van der Waals surface area contributed by atoms with E-state index in [1.165, 1.54) is 0 Å². The molecule has 4 unspecified atom stereocenters. The summed E-state index contributed by atoms with van der Waals surface area (Å²) in [5, 5.41) is 10.7. The number of hydrogen-bond donors (Lipinski definition) is 1. The van der Waals surface area contributed by atoms with Crippen LogP contribution in [0.25, 0.3) is 0 Å². The number of nitrogens with zero attached hydrogens (tertiary/aromatic N) is 1. The summed E-state index contributed by atoms with van der Waals surface area (Å²) in [5.74, 6) is 0.762. The third-order valence-corrected chi connectivity index (χ3v) is 5.44. The molecule has 4 atom stereocenters. The van der Waals surface area contributed by atoms with Crippen molar-refractivity contribution in [3.8, 4) is 0 Å². The van der Waals surface area contributed by atoms with Crippen molar-refractivity contribution in [3.63, 3.8) is 0 Å². The van der Waals surface area contributed by atoms with Gasteiger partial charge in [-0.2, -0.15) is 0 Å². The lowest BCUT2D eigenvalue weighted by atomic mass is 10.0. The summed E-state index contributed by atoms with van der Waals surface area (Å²) in [7, 11) is 0. The highest BCUT2D eigenvalue weighted by Crippen LogP contribution is 2.49. The first-order valence-electron chi connectivity index (χ1n) is 7.39. The van der Waals surface area contributed by atoms with Crippen molar-refractivity contribution in [1.82, 2.24) is 4.90 Å². The van der Waals surface area contributed by atoms with E-state index in [2.05, 4.69) is 0 Å². The molecule has 1 aliphatic carbocycles. The maximum atomic E-state index is 12.5. The molecule has 0 spiro atoms. The zero-order chi connectivity index (χ0) is 15.1. The molecule has 1 saturated carbocycles.